The van der Waals surface area contributed by atoms with Crippen LogP contribution in [-0.4, -0.2) is 39.5 Å². The van der Waals surface area contributed by atoms with Crippen molar-refractivity contribution in [3.63, 3.8) is 0 Å². The monoisotopic (exact) mass is 429 g/mol. The van der Waals surface area contributed by atoms with Crippen molar-refractivity contribution < 1.29 is 9.34 Å². The zero-order chi connectivity index (χ0) is 19.3. The van der Waals surface area contributed by atoms with Gasteiger partial charge in [-0.25, -0.2) is 4.98 Å². The van der Waals surface area contributed by atoms with E-state index >= 15 is 0 Å². The number of thioether (sulfide) groups is 2. The van der Waals surface area contributed by atoms with Gasteiger partial charge in [-0.05, 0) is 18.6 Å². The molecule has 0 aliphatic rings. The van der Waals surface area contributed by atoms with Crippen LogP contribution in [0.4, 0.5) is 0 Å². The molecule has 27 heavy (non-hydrogen) atoms. The molecule has 2 rings (SSSR count). The van der Waals surface area contributed by atoms with Crippen LogP contribution in [0.1, 0.15) is 12.1 Å². The van der Waals surface area contributed by atoms with Gasteiger partial charge in [0.05, 0.1) is 21.8 Å². The van der Waals surface area contributed by atoms with Gasteiger partial charge in [0.2, 0.25) is 0 Å². The highest BCUT2D eigenvalue weighted by Gasteiger charge is 2.04. The molecule has 0 unspecified atom stereocenters. The number of hydrogen-bond acceptors (Lipinski definition) is 9. The summed E-state index contributed by atoms with van der Waals surface area (Å²) in [5.41, 5.74) is 0.840. The summed E-state index contributed by atoms with van der Waals surface area (Å²) in [7, 11) is 0. The molecular formula is C16H20ClN5O3S2. The van der Waals surface area contributed by atoms with Gasteiger partial charge in [-0.15, -0.1) is 0 Å². The number of nitrogens with one attached hydrogen (secondary N) is 2. The van der Waals surface area contributed by atoms with Crippen LogP contribution in [-0.2, 0) is 5.75 Å². The molecule has 0 atom stereocenters. The zero-order valence-electron chi connectivity index (χ0n) is 14.5. The number of hydrogen-bond donors (Lipinski definition) is 2. The second kappa shape index (κ2) is 12.5. The third-order valence-electron chi connectivity index (χ3n) is 3.14. The van der Waals surface area contributed by atoms with Gasteiger partial charge in [0.1, 0.15) is 6.26 Å². The number of aromatic nitrogens is 2. The van der Waals surface area contributed by atoms with Gasteiger partial charge in [0, 0.05) is 36.5 Å². The Balaban J connectivity index is 1.62. The Morgan fingerprint density at radius 2 is 2.15 bits per heavy atom. The topological polar surface area (TPSA) is 106 Å². The van der Waals surface area contributed by atoms with Crippen molar-refractivity contribution in [1.29, 1.82) is 0 Å². The van der Waals surface area contributed by atoms with Crippen molar-refractivity contribution in [2.75, 3.05) is 24.6 Å². The first kappa shape index (κ1) is 21.4. The van der Waals surface area contributed by atoms with Gasteiger partial charge >= 0.3 is 0 Å². The fourth-order valence-corrected chi connectivity index (χ4v) is 3.75. The lowest BCUT2D eigenvalue weighted by molar-refractivity contribution is -0.404. The Kier molecular flexibility index (Phi) is 9.88. The summed E-state index contributed by atoms with van der Waals surface area (Å²) in [6.45, 7) is 1.20. The number of rotatable bonds is 13. The molecule has 0 fully saturated rings. The molecule has 0 bridgehead atoms. The van der Waals surface area contributed by atoms with E-state index in [0.717, 1.165) is 29.8 Å². The first-order valence-corrected chi connectivity index (χ1v) is 10.7. The second-order valence-corrected chi connectivity index (χ2v) is 7.72. The van der Waals surface area contributed by atoms with E-state index in [1.807, 2.05) is 6.07 Å². The van der Waals surface area contributed by atoms with Gasteiger partial charge in [-0.2, -0.15) is 11.8 Å². The third-order valence-corrected chi connectivity index (χ3v) is 5.40. The largest absolute Gasteiger partial charge is 0.440 e. The summed E-state index contributed by atoms with van der Waals surface area (Å²) >= 11 is 9.22. The van der Waals surface area contributed by atoms with Crippen LogP contribution in [0.25, 0.3) is 0 Å². The van der Waals surface area contributed by atoms with Crippen molar-refractivity contribution in [2.45, 2.75) is 17.4 Å². The first-order valence-electron chi connectivity index (χ1n) is 8.17. The average molecular weight is 430 g/mol. The van der Waals surface area contributed by atoms with Gasteiger partial charge < -0.3 is 15.1 Å². The molecule has 146 valence electrons. The Hall–Kier alpha value is -1.91. The lowest BCUT2D eigenvalue weighted by Crippen LogP contribution is -2.29. The van der Waals surface area contributed by atoms with Crippen LogP contribution in [0, 0.1) is 10.1 Å². The predicted octanol–water partition coefficient (Wildman–Crippen LogP) is 3.39. The average Bonchev–Trinajstić information content (AvgIpc) is 3.15. The second-order valence-electron chi connectivity index (χ2n) is 5.17. The van der Waals surface area contributed by atoms with Crippen LogP contribution in [0.5, 0.6) is 0 Å². The molecule has 0 saturated carbocycles. The van der Waals surface area contributed by atoms with Gasteiger partial charge in [-0.1, -0.05) is 23.4 Å². The Labute approximate surface area is 170 Å². The lowest BCUT2D eigenvalue weighted by Gasteiger charge is -2.11. The van der Waals surface area contributed by atoms with Crippen LogP contribution in [0.2, 0.25) is 5.02 Å². The smallest absolute Gasteiger partial charge is 0.274 e. The van der Waals surface area contributed by atoms with Crippen LogP contribution >= 0.6 is 35.1 Å². The molecule has 2 aromatic rings. The first-order chi connectivity index (χ1) is 13.1. The SMILES string of the molecule is O=[N+]([O-])C=C(NCCCSc1ncco1)NCCSCc1ncccc1Cl. The maximum Gasteiger partial charge on any atom is 0.274 e. The highest BCUT2D eigenvalue weighted by molar-refractivity contribution is 7.99. The normalized spacial score (nSPS) is 11.4. The van der Waals surface area contributed by atoms with E-state index in [1.165, 1.54) is 18.0 Å². The maximum atomic E-state index is 10.8. The number of nitro groups is 1. The Bertz CT molecular complexity index is 731. The standard InChI is InChI=1S/C16H20ClN5O3S2/c17-13-3-1-4-18-14(13)12-26-10-7-20-15(11-22(23)24)19-5-2-9-27-16-21-6-8-25-16/h1,3-4,6,8,11,19-20H,2,5,7,9-10,12H2. The molecule has 0 radical (unpaired) electrons. The Morgan fingerprint density at radius 1 is 1.30 bits per heavy atom. The molecular weight excluding hydrogens is 410 g/mol. The highest BCUT2D eigenvalue weighted by Crippen LogP contribution is 2.18. The maximum absolute atomic E-state index is 10.8. The van der Waals surface area contributed by atoms with E-state index in [-0.39, 0.29) is 0 Å². The van der Waals surface area contributed by atoms with E-state index in [1.54, 1.807) is 30.2 Å². The van der Waals surface area contributed by atoms with Crippen molar-refractivity contribution in [3.05, 3.63) is 63.6 Å². The van der Waals surface area contributed by atoms with E-state index in [0.29, 0.717) is 34.9 Å². The minimum Gasteiger partial charge on any atom is -0.440 e. The van der Waals surface area contributed by atoms with Crippen LogP contribution in [0.15, 0.2) is 52.5 Å². The minimum absolute atomic E-state index is 0.401. The van der Waals surface area contributed by atoms with Crippen molar-refractivity contribution in [3.8, 4) is 0 Å². The summed E-state index contributed by atoms with van der Waals surface area (Å²) in [4.78, 5) is 18.5. The van der Waals surface area contributed by atoms with E-state index < -0.39 is 4.92 Å². The number of nitrogens with zero attached hydrogens (tertiary/aromatic N) is 3. The van der Waals surface area contributed by atoms with Crippen molar-refractivity contribution in [1.82, 2.24) is 20.6 Å². The molecule has 0 aliphatic heterocycles. The molecule has 2 aromatic heterocycles. The molecule has 11 heteroatoms. The van der Waals surface area contributed by atoms with Crippen LogP contribution in [0.3, 0.4) is 0 Å². The van der Waals surface area contributed by atoms with Gasteiger partial charge in [0.15, 0.2) is 5.82 Å². The highest BCUT2D eigenvalue weighted by atomic mass is 35.5. The van der Waals surface area contributed by atoms with Crippen molar-refractivity contribution >= 4 is 35.1 Å². The minimum atomic E-state index is -0.475. The molecule has 0 aliphatic carbocycles. The van der Waals surface area contributed by atoms with E-state index in [9.17, 15) is 10.1 Å². The predicted molar refractivity (Wildman–Crippen MR) is 108 cm³/mol. The summed E-state index contributed by atoms with van der Waals surface area (Å²) < 4.78 is 5.13. The molecule has 0 amide bonds. The molecule has 8 nitrogen and oxygen atoms in total. The van der Waals surface area contributed by atoms with Crippen LogP contribution < -0.4 is 10.6 Å². The van der Waals surface area contributed by atoms with Crippen molar-refractivity contribution in [2.24, 2.45) is 0 Å². The molecule has 0 saturated heterocycles. The molecule has 2 N–H and O–H groups in total. The van der Waals surface area contributed by atoms with E-state index in [4.69, 9.17) is 16.0 Å². The lowest BCUT2D eigenvalue weighted by atomic mass is 10.4. The third kappa shape index (κ3) is 9.03. The summed E-state index contributed by atoms with van der Waals surface area (Å²) in [6.07, 6.45) is 6.60. The Morgan fingerprint density at radius 3 is 2.89 bits per heavy atom. The molecule has 0 spiro atoms. The van der Waals surface area contributed by atoms with Gasteiger partial charge in [0.25, 0.3) is 11.4 Å². The fraction of sp³-hybridized carbons (Fsp3) is 0.375. The summed E-state index contributed by atoms with van der Waals surface area (Å²) in [6, 6.07) is 3.60. The molecule has 0 aromatic carbocycles. The summed E-state index contributed by atoms with van der Waals surface area (Å²) in [5, 5.41) is 18.1. The zero-order valence-corrected chi connectivity index (χ0v) is 16.9. The number of halogens is 1. The fourth-order valence-electron chi connectivity index (χ4n) is 1.95. The van der Waals surface area contributed by atoms with E-state index in [2.05, 4.69) is 20.6 Å². The number of pyridine rings is 1. The molecule has 2 heterocycles. The number of oxazole rings is 1. The summed E-state index contributed by atoms with van der Waals surface area (Å²) in [5.74, 6) is 2.67. The van der Waals surface area contributed by atoms with Gasteiger partial charge in [-0.3, -0.25) is 15.1 Å². The quantitative estimate of drug-likeness (QED) is 0.214.